The van der Waals surface area contributed by atoms with Crippen LogP contribution in [-0.4, -0.2) is 35.2 Å². The summed E-state index contributed by atoms with van der Waals surface area (Å²) in [7, 11) is 0. The molecule has 2 aromatic rings. The van der Waals surface area contributed by atoms with Crippen molar-refractivity contribution >= 4 is 23.4 Å². The highest BCUT2D eigenvalue weighted by Gasteiger charge is 2.39. The second-order valence-electron chi connectivity index (χ2n) is 7.52. The van der Waals surface area contributed by atoms with E-state index in [4.69, 9.17) is 5.73 Å². The SMILES string of the molecule is Nc1cccc(CCNCc2cccc3c2CN(C2CCC(=O)NC2=O)C3=O)c1. The number of benzene rings is 2. The topological polar surface area (TPSA) is 105 Å². The first kappa shape index (κ1) is 19.1. The van der Waals surface area contributed by atoms with E-state index in [0.29, 0.717) is 25.1 Å². The molecule has 2 aliphatic rings. The van der Waals surface area contributed by atoms with E-state index in [1.54, 1.807) is 11.0 Å². The number of rotatable bonds is 6. The van der Waals surface area contributed by atoms with E-state index < -0.39 is 6.04 Å². The molecule has 0 bridgehead atoms. The Morgan fingerprint density at radius 3 is 2.76 bits per heavy atom. The van der Waals surface area contributed by atoms with E-state index in [2.05, 4.69) is 16.7 Å². The Morgan fingerprint density at radius 2 is 1.97 bits per heavy atom. The van der Waals surface area contributed by atoms with Crippen molar-refractivity contribution in [2.75, 3.05) is 12.3 Å². The highest BCUT2D eigenvalue weighted by molar-refractivity contribution is 6.05. The van der Waals surface area contributed by atoms with Gasteiger partial charge in [-0.3, -0.25) is 19.7 Å². The van der Waals surface area contributed by atoms with E-state index >= 15 is 0 Å². The third-order valence-corrected chi connectivity index (χ3v) is 5.54. The van der Waals surface area contributed by atoms with Crippen molar-refractivity contribution in [3.05, 3.63) is 64.7 Å². The zero-order chi connectivity index (χ0) is 20.4. The van der Waals surface area contributed by atoms with Crippen molar-refractivity contribution in [1.29, 1.82) is 0 Å². The Hall–Kier alpha value is -3.19. The van der Waals surface area contributed by atoms with Crippen molar-refractivity contribution in [3.8, 4) is 0 Å². The number of carbonyl (C=O) groups excluding carboxylic acids is 3. The van der Waals surface area contributed by atoms with Gasteiger partial charge in [0.05, 0.1) is 0 Å². The zero-order valence-corrected chi connectivity index (χ0v) is 16.1. The molecule has 0 aromatic heterocycles. The summed E-state index contributed by atoms with van der Waals surface area (Å²) in [6, 6.07) is 12.9. The van der Waals surface area contributed by atoms with Crippen LogP contribution in [0.5, 0.6) is 0 Å². The van der Waals surface area contributed by atoms with Gasteiger partial charge < -0.3 is 16.0 Å². The quantitative estimate of drug-likeness (QED) is 0.391. The van der Waals surface area contributed by atoms with Crippen molar-refractivity contribution in [1.82, 2.24) is 15.5 Å². The van der Waals surface area contributed by atoms with E-state index in [-0.39, 0.29) is 24.1 Å². The second-order valence-corrected chi connectivity index (χ2v) is 7.52. The fraction of sp³-hybridized carbons (Fsp3) is 0.318. The van der Waals surface area contributed by atoms with Gasteiger partial charge in [0, 0.05) is 30.8 Å². The summed E-state index contributed by atoms with van der Waals surface area (Å²) in [5.41, 5.74) is 10.4. The molecule has 2 aromatic carbocycles. The average Bonchev–Trinajstić information content (AvgIpc) is 3.03. The Morgan fingerprint density at radius 1 is 1.14 bits per heavy atom. The Bertz CT molecular complexity index is 972. The highest BCUT2D eigenvalue weighted by Crippen LogP contribution is 2.29. The molecule has 2 heterocycles. The molecule has 0 saturated carbocycles. The largest absolute Gasteiger partial charge is 0.399 e. The lowest BCUT2D eigenvalue weighted by molar-refractivity contribution is -0.136. The molecule has 4 rings (SSSR count). The first-order valence-corrected chi connectivity index (χ1v) is 9.83. The number of fused-ring (bicyclic) bond motifs is 1. The molecule has 2 aliphatic heterocycles. The molecule has 3 amide bonds. The molecule has 150 valence electrons. The van der Waals surface area contributed by atoms with E-state index in [1.807, 2.05) is 30.3 Å². The highest BCUT2D eigenvalue weighted by atomic mass is 16.2. The molecule has 7 nitrogen and oxygen atoms in total. The normalized spacial score (nSPS) is 18.7. The predicted molar refractivity (Wildman–Crippen MR) is 109 cm³/mol. The van der Waals surface area contributed by atoms with Crippen LogP contribution in [0.2, 0.25) is 0 Å². The van der Waals surface area contributed by atoms with Crippen LogP contribution in [-0.2, 0) is 29.1 Å². The van der Waals surface area contributed by atoms with Crippen LogP contribution < -0.4 is 16.4 Å². The number of nitrogens with two attached hydrogens (primary N) is 1. The van der Waals surface area contributed by atoms with E-state index in [1.165, 1.54) is 5.56 Å². The number of imide groups is 1. The molecule has 7 heteroatoms. The number of nitrogens with zero attached hydrogens (tertiary/aromatic N) is 1. The van der Waals surface area contributed by atoms with Gasteiger partial charge in [0.2, 0.25) is 11.8 Å². The van der Waals surface area contributed by atoms with Gasteiger partial charge in [-0.15, -0.1) is 0 Å². The maximum absolute atomic E-state index is 12.9. The van der Waals surface area contributed by atoms with Gasteiger partial charge in [0.15, 0.2) is 0 Å². The fourth-order valence-corrected chi connectivity index (χ4v) is 4.02. The van der Waals surface area contributed by atoms with E-state index in [9.17, 15) is 14.4 Å². The molecule has 4 N–H and O–H groups in total. The lowest BCUT2D eigenvalue weighted by Gasteiger charge is -2.29. The van der Waals surface area contributed by atoms with Crippen molar-refractivity contribution in [2.45, 2.75) is 38.4 Å². The van der Waals surface area contributed by atoms with Crippen molar-refractivity contribution in [3.63, 3.8) is 0 Å². The first-order chi connectivity index (χ1) is 14.0. The van der Waals surface area contributed by atoms with Crippen LogP contribution >= 0.6 is 0 Å². The number of nitrogens with one attached hydrogen (secondary N) is 2. The maximum atomic E-state index is 12.9. The molecule has 0 radical (unpaired) electrons. The second kappa shape index (κ2) is 8.05. The van der Waals surface area contributed by atoms with Gasteiger partial charge in [-0.2, -0.15) is 0 Å². The van der Waals surface area contributed by atoms with Crippen molar-refractivity contribution < 1.29 is 14.4 Å². The molecular formula is C22H24N4O3. The number of carbonyl (C=O) groups is 3. The zero-order valence-electron chi connectivity index (χ0n) is 16.1. The predicted octanol–water partition coefficient (Wildman–Crippen LogP) is 1.36. The molecule has 1 saturated heterocycles. The molecule has 0 spiro atoms. The minimum atomic E-state index is -0.586. The lowest BCUT2D eigenvalue weighted by atomic mass is 10.0. The third kappa shape index (κ3) is 4.00. The minimum absolute atomic E-state index is 0.142. The first-order valence-electron chi connectivity index (χ1n) is 9.83. The number of amides is 3. The molecule has 29 heavy (non-hydrogen) atoms. The fourth-order valence-electron chi connectivity index (χ4n) is 4.02. The standard InChI is InChI=1S/C22H24N4O3/c23-16-5-1-3-14(11-16)9-10-24-12-15-4-2-6-17-18(15)13-26(22(17)29)19-7-8-20(27)25-21(19)28/h1-6,11,19,24H,7-10,12-13,23H2,(H,25,27,28). The molecule has 0 aliphatic carbocycles. The Labute approximate surface area is 169 Å². The number of anilines is 1. The maximum Gasteiger partial charge on any atom is 0.255 e. The Kier molecular flexibility index (Phi) is 5.31. The van der Waals surface area contributed by atoms with Crippen LogP contribution in [0.3, 0.4) is 0 Å². The van der Waals surface area contributed by atoms with Crippen LogP contribution in [0.4, 0.5) is 5.69 Å². The number of piperidine rings is 1. The summed E-state index contributed by atoms with van der Waals surface area (Å²) in [6.07, 6.45) is 1.49. The summed E-state index contributed by atoms with van der Waals surface area (Å²) >= 11 is 0. The minimum Gasteiger partial charge on any atom is -0.399 e. The van der Waals surface area contributed by atoms with Gasteiger partial charge >= 0.3 is 0 Å². The summed E-state index contributed by atoms with van der Waals surface area (Å²) < 4.78 is 0. The van der Waals surface area contributed by atoms with Gasteiger partial charge in [-0.05, 0) is 54.3 Å². The lowest BCUT2D eigenvalue weighted by Crippen LogP contribution is -2.52. The molecule has 1 fully saturated rings. The monoisotopic (exact) mass is 392 g/mol. The van der Waals surface area contributed by atoms with Crippen LogP contribution in [0.15, 0.2) is 42.5 Å². The smallest absolute Gasteiger partial charge is 0.255 e. The number of hydrogen-bond acceptors (Lipinski definition) is 5. The Balaban J connectivity index is 1.40. The molecule has 1 atom stereocenters. The summed E-state index contributed by atoms with van der Waals surface area (Å²) in [5, 5.41) is 5.77. The van der Waals surface area contributed by atoms with Gasteiger partial charge in [-0.25, -0.2) is 0 Å². The van der Waals surface area contributed by atoms with Crippen LogP contribution in [0, 0.1) is 0 Å². The average molecular weight is 392 g/mol. The van der Waals surface area contributed by atoms with Gasteiger partial charge in [-0.1, -0.05) is 24.3 Å². The summed E-state index contributed by atoms with van der Waals surface area (Å²) in [5.74, 6) is -0.805. The third-order valence-electron chi connectivity index (χ3n) is 5.54. The van der Waals surface area contributed by atoms with Gasteiger partial charge in [0.1, 0.15) is 6.04 Å². The van der Waals surface area contributed by atoms with Gasteiger partial charge in [0.25, 0.3) is 5.91 Å². The van der Waals surface area contributed by atoms with Crippen molar-refractivity contribution in [2.24, 2.45) is 0 Å². The summed E-state index contributed by atoms with van der Waals surface area (Å²) in [6.45, 7) is 1.83. The summed E-state index contributed by atoms with van der Waals surface area (Å²) in [4.78, 5) is 38.0. The van der Waals surface area contributed by atoms with Crippen LogP contribution in [0.25, 0.3) is 0 Å². The molecule has 1 unspecified atom stereocenters. The van der Waals surface area contributed by atoms with E-state index in [0.717, 1.165) is 29.8 Å². The number of nitrogen functional groups attached to an aromatic ring is 1. The number of hydrogen-bond donors (Lipinski definition) is 3. The molecular weight excluding hydrogens is 368 g/mol. The van der Waals surface area contributed by atoms with Crippen LogP contribution in [0.1, 0.15) is 39.9 Å².